The van der Waals surface area contributed by atoms with Crippen LogP contribution in [0.4, 0.5) is 0 Å². The Morgan fingerprint density at radius 1 is 1.32 bits per heavy atom. The van der Waals surface area contributed by atoms with Gasteiger partial charge in [0, 0.05) is 16.5 Å². The smallest absolute Gasteiger partial charge is 0.176 e. The quantitative estimate of drug-likeness (QED) is 0.769. The first kappa shape index (κ1) is 14.0. The molecule has 0 saturated carbocycles. The zero-order chi connectivity index (χ0) is 13.8. The van der Waals surface area contributed by atoms with Crippen molar-refractivity contribution in [2.75, 3.05) is 13.6 Å². The lowest BCUT2D eigenvalue weighted by atomic mass is 10.1. The van der Waals surface area contributed by atoms with E-state index in [1.807, 2.05) is 44.3 Å². The molecule has 19 heavy (non-hydrogen) atoms. The van der Waals surface area contributed by atoms with Crippen molar-refractivity contribution in [2.24, 2.45) is 0 Å². The lowest BCUT2D eigenvalue weighted by Gasteiger charge is -2.23. The lowest BCUT2D eigenvalue weighted by molar-refractivity contribution is 0.0925. The number of thiophene rings is 1. The van der Waals surface area contributed by atoms with E-state index in [9.17, 15) is 4.79 Å². The van der Waals surface area contributed by atoms with Gasteiger partial charge in [-0.15, -0.1) is 11.3 Å². The molecule has 0 aliphatic rings. The van der Waals surface area contributed by atoms with Crippen molar-refractivity contribution in [3.63, 3.8) is 0 Å². The maximum absolute atomic E-state index is 12.2. The van der Waals surface area contributed by atoms with Gasteiger partial charge in [0.25, 0.3) is 0 Å². The van der Waals surface area contributed by atoms with Gasteiger partial charge in [0.1, 0.15) is 0 Å². The predicted molar refractivity (Wildman–Crippen MR) is 80.9 cm³/mol. The second-order valence-corrected chi connectivity index (χ2v) is 5.88. The van der Waals surface area contributed by atoms with Gasteiger partial charge in [0.05, 0.1) is 6.54 Å². The first-order valence-corrected chi connectivity index (χ1v) is 7.29. The minimum absolute atomic E-state index is 0.176. The predicted octanol–water partition coefficient (Wildman–Crippen LogP) is 3.93. The summed E-state index contributed by atoms with van der Waals surface area (Å²) < 4.78 is 0. The summed E-state index contributed by atoms with van der Waals surface area (Å²) in [4.78, 5) is 15.6. The molecule has 0 amide bonds. The third-order valence-corrected chi connectivity index (χ3v) is 4.39. The maximum atomic E-state index is 12.2. The van der Waals surface area contributed by atoms with Crippen LogP contribution in [-0.4, -0.2) is 24.3 Å². The number of carbonyl (C=O) groups excluding carboxylic acids is 1. The molecule has 1 aromatic carbocycles. The third kappa shape index (κ3) is 3.52. The first-order valence-electron chi connectivity index (χ1n) is 6.41. The van der Waals surface area contributed by atoms with Crippen molar-refractivity contribution in [1.29, 1.82) is 0 Å². The normalized spacial score (nSPS) is 12.6. The molecule has 2 rings (SSSR count). The molecule has 0 bridgehead atoms. The SMILES string of the molecule is Cc1cccc(C(=O)CN(C)C(C)c2cccs2)c1. The molecule has 3 heteroatoms. The molecule has 2 aromatic rings. The highest BCUT2D eigenvalue weighted by atomic mass is 32.1. The number of benzene rings is 1. The summed E-state index contributed by atoms with van der Waals surface area (Å²) in [5, 5.41) is 2.07. The summed E-state index contributed by atoms with van der Waals surface area (Å²) in [7, 11) is 2.00. The fourth-order valence-electron chi connectivity index (χ4n) is 2.02. The molecule has 1 heterocycles. The van der Waals surface area contributed by atoms with Gasteiger partial charge in [-0.05, 0) is 38.4 Å². The third-order valence-electron chi connectivity index (χ3n) is 3.35. The molecule has 1 unspecified atom stereocenters. The number of ketones is 1. The van der Waals surface area contributed by atoms with Gasteiger partial charge in [0.2, 0.25) is 0 Å². The molecule has 0 spiro atoms. The summed E-state index contributed by atoms with van der Waals surface area (Å²) in [5.74, 6) is 0.176. The fraction of sp³-hybridized carbons (Fsp3) is 0.312. The van der Waals surface area contributed by atoms with Crippen LogP contribution in [0.5, 0.6) is 0 Å². The molecular weight excluding hydrogens is 254 g/mol. The topological polar surface area (TPSA) is 20.3 Å². The van der Waals surface area contributed by atoms with Gasteiger partial charge in [-0.3, -0.25) is 9.69 Å². The summed E-state index contributed by atoms with van der Waals surface area (Å²) in [6.45, 7) is 4.59. The molecule has 0 N–H and O–H groups in total. The molecular formula is C16H19NOS. The van der Waals surface area contributed by atoms with Gasteiger partial charge in [0.15, 0.2) is 5.78 Å². The highest BCUT2D eigenvalue weighted by molar-refractivity contribution is 7.10. The van der Waals surface area contributed by atoms with Crippen LogP contribution < -0.4 is 0 Å². The van der Waals surface area contributed by atoms with Crippen LogP contribution in [0.2, 0.25) is 0 Å². The Labute approximate surface area is 118 Å². The van der Waals surface area contributed by atoms with E-state index in [-0.39, 0.29) is 11.8 Å². The Balaban J connectivity index is 2.03. The Kier molecular flexibility index (Phi) is 4.51. The van der Waals surface area contributed by atoms with E-state index in [1.165, 1.54) is 4.88 Å². The number of carbonyl (C=O) groups is 1. The summed E-state index contributed by atoms with van der Waals surface area (Å²) in [6.07, 6.45) is 0. The molecule has 0 radical (unpaired) electrons. The number of hydrogen-bond donors (Lipinski definition) is 0. The standard InChI is InChI=1S/C16H19NOS/c1-12-6-4-7-14(10-12)15(18)11-17(3)13(2)16-8-5-9-19-16/h4-10,13H,11H2,1-3H3. The molecule has 1 aromatic heterocycles. The second kappa shape index (κ2) is 6.13. The summed E-state index contributed by atoms with van der Waals surface area (Å²) in [6, 6.07) is 12.2. The average molecular weight is 273 g/mol. The van der Waals surface area contributed by atoms with Crippen molar-refractivity contribution in [1.82, 2.24) is 4.90 Å². The van der Waals surface area contributed by atoms with Crippen LogP contribution in [0.25, 0.3) is 0 Å². The fourth-order valence-corrected chi connectivity index (χ4v) is 2.87. The molecule has 0 aliphatic carbocycles. The van der Waals surface area contributed by atoms with Crippen LogP contribution in [0.15, 0.2) is 41.8 Å². The zero-order valence-corrected chi connectivity index (χ0v) is 12.4. The molecule has 100 valence electrons. The Bertz CT molecular complexity index is 548. The van der Waals surface area contributed by atoms with Crippen LogP contribution in [-0.2, 0) is 0 Å². The van der Waals surface area contributed by atoms with Crippen molar-refractivity contribution in [2.45, 2.75) is 19.9 Å². The van der Waals surface area contributed by atoms with Gasteiger partial charge in [-0.25, -0.2) is 0 Å². The minimum Gasteiger partial charge on any atom is -0.293 e. The van der Waals surface area contributed by atoms with Crippen LogP contribution in [0.1, 0.15) is 33.8 Å². The summed E-state index contributed by atoms with van der Waals surface area (Å²) in [5.41, 5.74) is 1.92. The van der Waals surface area contributed by atoms with E-state index < -0.39 is 0 Å². The Morgan fingerprint density at radius 2 is 2.11 bits per heavy atom. The van der Waals surface area contributed by atoms with E-state index in [0.717, 1.165) is 11.1 Å². The molecule has 1 atom stereocenters. The molecule has 0 fully saturated rings. The molecule has 0 aliphatic heterocycles. The number of hydrogen-bond acceptors (Lipinski definition) is 3. The van der Waals surface area contributed by atoms with Crippen molar-refractivity contribution < 1.29 is 4.79 Å². The van der Waals surface area contributed by atoms with Crippen LogP contribution in [0.3, 0.4) is 0 Å². The number of aryl methyl sites for hydroxylation is 1. The number of nitrogens with zero attached hydrogens (tertiary/aromatic N) is 1. The van der Waals surface area contributed by atoms with Crippen molar-refractivity contribution >= 4 is 17.1 Å². The minimum atomic E-state index is 0.176. The van der Waals surface area contributed by atoms with Crippen LogP contribution >= 0.6 is 11.3 Å². The van der Waals surface area contributed by atoms with E-state index in [1.54, 1.807) is 11.3 Å². The van der Waals surface area contributed by atoms with Gasteiger partial charge in [-0.2, -0.15) is 0 Å². The maximum Gasteiger partial charge on any atom is 0.176 e. The van der Waals surface area contributed by atoms with Gasteiger partial charge in [-0.1, -0.05) is 29.8 Å². The largest absolute Gasteiger partial charge is 0.293 e. The summed E-state index contributed by atoms with van der Waals surface area (Å²) >= 11 is 1.73. The monoisotopic (exact) mass is 273 g/mol. The highest BCUT2D eigenvalue weighted by Gasteiger charge is 2.16. The van der Waals surface area contributed by atoms with Crippen molar-refractivity contribution in [3.05, 3.63) is 57.8 Å². The Morgan fingerprint density at radius 3 is 2.74 bits per heavy atom. The number of likely N-dealkylation sites (N-methyl/N-ethyl adjacent to an activating group) is 1. The van der Waals surface area contributed by atoms with Gasteiger partial charge >= 0.3 is 0 Å². The van der Waals surface area contributed by atoms with Crippen molar-refractivity contribution in [3.8, 4) is 0 Å². The first-order chi connectivity index (χ1) is 9.08. The van der Waals surface area contributed by atoms with E-state index >= 15 is 0 Å². The zero-order valence-electron chi connectivity index (χ0n) is 11.6. The Hall–Kier alpha value is -1.45. The van der Waals surface area contributed by atoms with E-state index in [4.69, 9.17) is 0 Å². The second-order valence-electron chi connectivity index (χ2n) is 4.90. The highest BCUT2D eigenvalue weighted by Crippen LogP contribution is 2.23. The molecule has 0 saturated heterocycles. The lowest BCUT2D eigenvalue weighted by Crippen LogP contribution is -2.28. The number of rotatable bonds is 5. The van der Waals surface area contributed by atoms with E-state index in [0.29, 0.717) is 6.54 Å². The van der Waals surface area contributed by atoms with Gasteiger partial charge < -0.3 is 0 Å². The molecule has 2 nitrogen and oxygen atoms in total. The number of Topliss-reactive ketones (excluding diaryl/α,β-unsaturated/α-hetero) is 1. The average Bonchev–Trinajstić information content (AvgIpc) is 2.91. The van der Waals surface area contributed by atoms with Crippen LogP contribution in [0, 0.1) is 6.92 Å². The van der Waals surface area contributed by atoms with E-state index in [2.05, 4.69) is 23.3 Å².